The van der Waals surface area contributed by atoms with Gasteiger partial charge in [-0.25, -0.2) is 8.42 Å². The van der Waals surface area contributed by atoms with Gasteiger partial charge in [0.2, 0.25) is 5.91 Å². The Hall–Kier alpha value is -0.370. The third-order valence-electron chi connectivity index (χ3n) is 3.98. The van der Waals surface area contributed by atoms with Gasteiger partial charge in [0.15, 0.2) is 9.84 Å². The Balaban J connectivity index is 0.00000200. The van der Waals surface area contributed by atoms with E-state index in [1.165, 1.54) is 0 Å². The summed E-state index contributed by atoms with van der Waals surface area (Å²) in [6, 6.07) is 0.0218. The van der Waals surface area contributed by atoms with Crippen molar-refractivity contribution in [3.63, 3.8) is 0 Å². The first-order chi connectivity index (χ1) is 8.91. The van der Waals surface area contributed by atoms with Crippen molar-refractivity contribution in [1.82, 2.24) is 9.80 Å². The molecular weight excluding hydrogens is 302 g/mol. The lowest BCUT2D eigenvalue weighted by molar-refractivity contribution is -0.133. The number of likely N-dealkylation sites (N-methyl/N-ethyl adjacent to an activating group) is 1. The fraction of sp³-hybridized carbons (Fsp3) is 0.917. The molecule has 0 spiro atoms. The van der Waals surface area contributed by atoms with E-state index in [2.05, 4.69) is 4.90 Å². The van der Waals surface area contributed by atoms with Crippen LogP contribution in [0.2, 0.25) is 0 Å². The molecule has 1 unspecified atom stereocenters. The van der Waals surface area contributed by atoms with Gasteiger partial charge in [0.25, 0.3) is 0 Å². The van der Waals surface area contributed by atoms with E-state index in [0.717, 1.165) is 19.5 Å². The highest BCUT2D eigenvalue weighted by Gasteiger charge is 2.34. The zero-order valence-corrected chi connectivity index (χ0v) is 13.5. The number of carbonyl (C=O) groups is 1. The smallest absolute Gasteiger partial charge is 0.237 e. The second-order valence-electron chi connectivity index (χ2n) is 5.52. The molecule has 118 valence electrons. The molecule has 20 heavy (non-hydrogen) atoms. The molecule has 2 aliphatic heterocycles. The predicted octanol–water partition coefficient (Wildman–Crippen LogP) is -0.523. The van der Waals surface area contributed by atoms with Gasteiger partial charge in [-0.05, 0) is 19.8 Å². The second kappa shape index (κ2) is 7.06. The van der Waals surface area contributed by atoms with Crippen molar-refractivity contribution in [1.29, 1.82) is 0 Å². The molecule has 0 aromatic carbocycles. The number of carbonyl (C=O) groups excluding carboxylic acids is 1. The van der Waals surface area contributed by atoms with E-state index in [-0.39, 0.29) is 41.9 Å². The number of nitrogens with zero attached hydrogens (tertiary/aromatic N) is 2. The van der Waals surface area contributed by atoms with E-state index >= 15 is 0 Å². The zero-order chi connectivity index (χ0) is 14.0. The lowest BCUT2D eigenvalue weighted by Crippen LogP contribution is -2.46. The zero-order valence-electron chi connectivity index (χ0n) is 11.8. The van der Waals surface area contributed by atoms with E-state index in [1.54, 1.807) is 4.90 Å². The number of sulfone groups is 1. The topological polar surface area (TPSA) is 83.7 Å². The average Bonchev–Trinajstić information content (AvgIpc) is 2.86. The maximum atomic E-state index is 12.3. The number of hydrogen-bond acceptors (Lipinski definition) is 5. The molecule has 0 aromatic heterocycles. The maximum absolute atomic E-state index is 12.3. The van der Waals surface area contributed by atoms with Gasteiger partial charge in [0.05, 0.1) is 18.1 Å². The summed E-state index contributed by atoms with van der Waals surface area (Å²) in [5.74, 6) is 0.348. The van der Waals surface area contributed by atoms with Crippen molar-refractivity contribution in [3.8, 4) is 0 Å². The third-order valence-corrected chi connectivity index (χ3v) is 5.73. The Morgan fingerprint density at radius 2 is 2.10 bits per heavy atom. The molecule has 0 saturated carbocycles. The Bertz CT molecular complexity index is 443. The quantitative estimate of drug-likeness (QED) is 0.751. The van der Waals surface area contributed by atoms with Crippen LogP contribution in [0.25, 0.3) is 0 Å². The summed E-state index contributed by atoms with van der Waals surface area (Å²) in [5, 5.41) is 0. The molecule has 2 heterocycles. The molecule has 2 rings (SSSR count). The van der Waals surface area contributed by atoms with Gasteiger partial charge in [0.1, 0.15) is 0 Å². The molecule has 2 atom stereocenters. The van der Waals surface area contributed by atoms with Crippen molar-refractivity contribution in [2.45, 2.75) is 31.8 Å². The normalized spacial score (nSPS) is 29.1. The van der Waals surface area contributed by atoms with Gasteiger partial charge in [0, 0.05) is 31.7 Å². The number of likely N-dealkylation sites (tertiary alicyclic amines) is 1. The van der Waals surface area contributed by atoms with Crippen molar-refractivity contribution < 1.29 is 13.2 Å². The molecule has 2 fully saturated rings. The van der Waals surface area contributed by atoms with Crippen LogP contribution in [0, 0.1) is 0 Å². The van der Waals surface area contributed by atoms with Crippen molar-refractivity contribution in [3.05, 3.63) is 0 Å². The Kier molecular flexibility index (Phi) is 6.25. The minimum absolute atomic E-state index is 0. The standard InChI is InChI=1S/C12H23N3O3S.ClH/c1-2-15(11-4-6-19(17,18)9-11)12(16)8-14-5-3-10(13)7-14;/h10-11H,2-9,13H2,1H3;1H/t10-,11?;/m1./s1. The highest BCUT2D eigenvalue weighted by atomic mass is 35.5. The molecule has 0 aliphatic carbocycles. The molecule has 0 bridgehead atoms. The summed E-state index contributed by atoms with van der Waals surface area (Å²) in [5.41, 5.74) is 5.82. The Labute approximate surface area is 127 Å². The number of hydrogen-bond donors (Lipinski definition) is 1. The van der Waals surface area contributed by atoms with Crippen LogP contribution < -0.4 is 5.73 Å². The number of amides is 1. The monoisotopic (exact) mass is 325 g/mol. The summed E-state index contributed by atoms with van der Waals surface area (Å²) in [6.07, 6.45) is 1.50. The molecule has 8 heteroatoms. The van der Waals surface area contributed by atoms with E-state index in [0.29, 0.717) is 19.5 Å². The first-order valence-corrected chi connectivity index (χ1v) is 8.71. The van der Waals surface area contributed by atoms with Crippen molar-refractivity contribution >= 4 is 28.2 Å². The van der Waals surface area contributed by atoms with Crippen LogP contribution in [0.15, 0.2) is 0 Å². The SMILES string of the molecule is CCN(C(=O)CN1CC[C@@H](N)C1)C1CCS(=O)(=O)C1.Cl. The minimum atomic E-state index is -2.95. The van der Waals surface area contributed by atoms with Gasteiger partial charge in [-0.1, -0.05) is 0 Å². The summed E-state index contributed by atoms with van der Waals surface area (Å²) >= 11 is 0. The molecule has 2 saturated heterocycles. The third kappa shape index (κ3) is 4.31. The summed E-state index contributed by atoms with van der Waals surface area (Å²) < 4.78 is 23.0. The van der Waals surface area contributed by atoms with Crippen LogP contribution in [-0.2, 0) is 14.6 Å². The first kappa shape index (κ1) is 17.7. The molecule has 2 N–H and O–H groups in total. The number of halogens is 1. The van der Waals surface area contributed by atoms with E-state index in [9.17, 15) is 13.2 Å². The summed E-state index contributed by atoms with van der Waals surface area (Å²) in [7, 11) is -2.95. The lowest BCUT2D eigenvalue weighted by Gasteiger charge is -2.28. The fourth-order valence-electron chi connectivity index (χ4n) is 2.95. The van der Waals surface area contributed by atoms with Crippen LogP contribution in [0.4, 0.5) is 0 Å². The Morgan fingerprint density at radius 1 is 1.40 bits per heavy atom. The van der Waals surface area contributed by atoms with Crippen molar-refractivity contribution in [2.24, 2.45) is 5.73 Å². The maximum Gasteiger partial charge on any atom is 0.237 e. The van der Waals surface area contributed by atoms with E-state index in [1.807, 2.05) is 6.92 Å². The fourth-order valence-corrected chi connectivity index (χ4v) is 4.68. The van der Waals surface area contributed by atoms with Gasteiger partial charge >= 0.3 is 0 Å². The van der Waals surface area contributed by atoms with Crippen LogP contribution in [0.3, 0.4) is 0 Å². The summed E-state index contributed by atoms with van der Waals surface area (Å²) in [4.78, 5) is 16.1. The minimum Gasteiger partial charge on any atom is -0.338 e. The van der Waals surface area contributed by atoms with Crippen molar-refractivity contribution in [2.75, 3.05) is 37.7 Å². The van der Waals surface area contributed by atoms with Gasteiger partial charge in [-0.15, -0.1) is 12.4 Å². The highest BCUT2D eigenvalue weighted by Crippen LogP contribution is 2.18. The summed E-state index contributed by atoms with van der Waals surface area (Å²) in [6.45, 7) is 4.44. The van der Waals surface area contributed by atoms with E-state index < -0.39 is 9.84 Å². The molecule has 2 aliphatic rings. The predicted molar refractivity (Wildman–Crippen MR) is 80.7 cm³/mol. The van der Waals surface area contributed by atoms with Crippen LogP contribution in [0.5, 0.6) is 0 Å². The first-order valence-electron chi connectivity index (χ1n) is 6.89. The van der Waals surface area contributed by atoms with Gasteiger partial charge in [-0.3, -0.25) is 9.69 Å². The molecule has 1 amide bonds. The van der Waals surface area contributed by atoms with Crippen LogP contribution >= 0.6 is 12.4 Å². The molecule has 0 aromatic rings. The Morgan fingerprint density at radius 3 is 2.55 bits per heavy atom. The molecule has 0 radical (unpaired) electrons. The van der Waals surface area contributed by atoms with Crippen LogP contribution in [-0.4, -0.2) is 73.9 Å². The number of nitrogens with two attached hydrogens (primary N) is 1. The highest BCUT2D eigenvalue weighted by molar-refractivity contribution is 7.91. The molecular formula is C12H24ClN3O3S. The van der Waals surface area contributed by atoms with Crippen LogP contribution in [0.1, 0.15) is 19.8 Å². The van der Waals surface area contributed by atoms with Gasteiger partial charge < -0.3 is 10.6 Å². The van der Waals surface area contributed by atoms with E-state index in [4.69, 9.17) is 5.73 Å². The largest absolute Gasteiger partial charge is 0.338 e. The average molecular weight is 326 g/mol. The van der Waals surface area contributed by atoms with Gasteiger partial charge in [-0.2, -0.15) is 0 Å². The second-order valence-corrected chi connectivity index (χ2v) is 7.75. The molecule has 6 nitrogen and oxygen atoms in total. The lowest BCUT2D eigenvalue weighted by atomic mass is 10.2. The number of rotatable bonds is 4.